The molecule has 0 aliphatic carbocycles. The molecule has 0 radical (unpaired) electrons. The van der Waals surface area contributed by atoms with Crippen LogP contribution in [0.3, 0.4) is 0 Å². The average molecular weight is 305 g/mol. The van der Waals surface area contributed by atoms with Crippen LogP contribution in [0.5, 0.6) is 0 Å². The van der Waals surface area contributed by atoms with Gasteiger partial charge < -0.3 is 15.3 Å². The Kier molecular flexibility index (Phi) is 5.00. The van der Waals surface area contributed by atoms with Crippen molar-refractivity contribution in [3.05, 3.63) is 24.0 Å². The molecule has 0 aromatic carbocycles. The summed E-state index contributed by atoms with van der Waals surface area (Å²) >= 11 is 0. The topological polar surface area (TPSA) is 82.5 Å². The molecule has 6 heteroatoms. The first-order valence-electron chi connectivity index (χ1n) is 7.63. The summed E-state index contributed by atoms with van der Waals surface area (Å²) < 4.78 is 0. The molecule has 0 unspecified atom stereocenters. The Morgan fingerprint density at radius 1 is 1.36 bits per heavy atom. The molecule has 120 valence electrons. The van der Waals surface area contributed by atoms with Crippen LogP contribution in [0.15, 0.2) is 18.3 Å². The molecule has 2 rings (SSSR count). The number of carbonyl (C=O) groups is 2. The second-order valence-corrected chi connectivity index (χ2v) is 6.33. The van der Waals surface area contributed by atoms with E-state index in [0.29, 0.717) is 12.1 Å². The number of carboxylic acid groups (broad SMARTS) is 1. The van der Waals surface area contributed by atoms with Crippen molar-refractivity contribution in [2.75, 3.05) is 18.0 Å². The lowest BCUT2D eigenvalue weighted by molar-refractivity contribution is -0.137. The summed E-state index contributed by atoms with van der Waals surface area (Å²) in [4.78, 5) is 29.4. The van der Waals surface area contributed by atoms with Gasteiger partial charge in [0, 0.05) is 36.9 Å². The van der Waals surface area contributed by atoms with E-state index >= 15 is 0 Å². The summed E-state index contributed by atoms with van der Waals surface area (Å²) in [5.41, 5.74) is 0.801. The van der Waals surface area contributed by atoms with Crippen LogP contribution in [0.2, 0.25) is 0 Å². The lowest BCUT2D eigenvalue weighted by Crippen LogP contribution is -2.44. The van der Waals surface area contributed by atoms with Gasteiger partial charge in [0.2, 0.25) is 0 Å². The monoisotopic (exact) mass is 305 g/mol. The molecular formula is C16H23N3O3. The van der Waals surface area contributed by atoms with E-state index in [-0.39, 0.29) is 12.3 Å². The van der Waals surface area contributed by atoms with Crippen LogP contribution in [0, 0.1) is 0 Å². The Morgan fingerprint density at radius 2 is 2.05 bits per heavy atom. The lowest BCUT2D eigenvalue weighted by atomic mass is 9.98. The van der Waals surface area contributed by atoms with E-state index in [1.165, 1.54) is 12.8 Å². The van der Waals surface area contributed by atoms with Gasteiger partial charge in [-0.1, -0.05) is 0 Å². The fourth-order valence-corrected chi connectivity index (χ4v) is 2.57. The van der Waals surface area contributed by atoms with E-state index in [4.69, 9.17) is 5.11 Å². The highest BCUT2D eigenvalue weighted by atomic mass is 16.4. The summed E-state index contributed by atoms with van der Waals surface area (Å²) in [6.07, 6.45) is 4.39. The van der Waals surface area contributed by atoms with Crippen molar-refractivity contribution in [3.8, 4) is 0 Å². The predicted molar refractivity (Wildman–Crippen MR) is 84.1 cm³/mol. The molecule has 22 heavy (non-hydrogen) atoms. The maximum atomic E-state index is 12.3. The molecule has 0 spiro atoms. The van der Waals surface area contributed by atoms with Crippen molar-refractivity contribution in [1.82, 2.24) is 10.3 Å². The van der Waals surface area contributed by atoms with Gasteiger partial charge in [-0.3, -0.25) is 14.6 Å². The first kappa shape index (κ1) is 16.3. The first-order valence-corrected chi connectivity index (χ1v) is 7.63. The third-order valence-electron chi connectivity index (χ3n) is 3.86. The largest absolute Gasteiger partial charge is 0.481 e. The lowest BCUT2D eigenvalue weighted by Gasteiger charge is -2.25. The molecule has 1 aromatic rings. The van der Waals surface area contributed by atoms with Gasteiger partial charge in [0.25, 0.3) is 5.91 Å². The van der Waals surface area contributed by atoms with Crippen LogP contribution in [0.1, 0.15) is 50.0 Å². The number of hydrogen-bond donors (Lipinski definition) is 2. The van der Waals surface area contributed by atoms with Crippen molar-refractivity contribution in [1.29, 1.82) is 0 Å². The number of nitrogens with zero attached hydrogens (tertiary/aromatic N) is 2. The van der Waals surface area contributed by atoms with Gasteiger partial charge in [-0.2, -0.15) is 0 Å². The Labute approximate surface area is 130 Å². The number of amides is 1. The van der Waals surface area contributed by atoms with Crippen molar-refractivity contribution in [2.24, 2.45) is 0 Å². The van der Waals surface area contributed by atoms with E-state index in [2.05, 4.69) is 15.2 Å². The number of carboxylic acids is 1. The van der Waals surface area contributed by atoms with Crippen molar-refractivity contribution < 1.29 is 14.7 Å². The fourth-order valence-electron chi connectivity index (χ4n) is 2.57. The normalized spacial score (nSPS) is 14.9. The number of aromatic nitrogens is 1. The smallest absolute Gasteiger partial charge is 0.303 e. The predicted octanol–water partition coefficient (Wildman–Crippen LogP) is 2.06. The Balaban J connectivity index is 2.02. The van der Waals surface area contributed by atoms with Crippen LogP contribution in [-0.2, 0) is 4.79 Å². The number of anilines is 1. The molecule has 2 N–H and O–H groups in total. The quantitative estimate of drug-likeness (QED) is 0.840. The second-order valence-electron chi connectivity index (χ2n) is 6.33. The summed E-state index contributed by atoms with van der Waals surface area (Å²) in [6, 6.07) is 3.71. The minimum Gasteiger partial charge on any atom is -0.481 e. The maximum absolute atomic E-state index is 12.3. The number of pyridine rings is 1. The summed E-state index contributed by atoms with van der Waals surface area (Å²) in [7, 11) is 0. The molecule has 1 aromatic heterocycles. The number of rotatable bonds is 6. The van der Waals surface area contributed by atoms with E-state index in [1.807, 2.05) is 19.9 Å². The van der Waals surface area contributed by atoms with Gasteiger partial charge in [-0.05, 0) is 45.2 Å². The molecule has 1 aliphatic heterocycles. The zero-order valence-electron chi connectivity index (χ0n) is 13.1. The molecule has 1 fully saturated rings. The minimum atomic E-state index is -0.864. The highest BCUT2D eigenvalue weighted by molar-refractivity contribution is 5.93. The van der Waals surface area contributed by atoms with Gasteiger partial charge in [0.05, 0.1) is 0 Å². The van der Waals surface area contributed by atoms with E-state index < -0.39 is 11.5 Å². The fraction of sp³-hybridized carbons (Fsp3) is 0.562. The summed E-state index contributed by atoms with van der Waals surface area (Å²) in [5.74, 6) is -1.13. The second kappa shape index (κ2) is 6.77. The van der Waals surface area contributed by atoms with Crippen molar-refractivity contribution in [2.45, 2.75) is 45.1 Å². The average Bonchev–Trinajstić information content (AvgIpc) is 2.99. The zero-order valence-corrected chi connectivity index (χ0v) is 13.1. The molecule has 1 amide bonds. The molecule has 6 nitrogen and oxygen atoms in total. The molecule has 1 saturated heterocycles. The van der Waals surface area contributed by atoms with Crippen LogP contribution in [-0.4, -0.2) is 40.6 Å². The molecular weight excluding hydrogens is 282 g/mol. The van der Waals surface area contributed by atoms with Crippen molar-refractivity contribution in [3.63, 3.8) is 0 Å². The van der Waals surface area contributed by atoms with Crippen molar-refractivity contribution >= 4 is 17.6 Å². The Morgan fingerprint density at radius 3 is 2.68 bits per heavy atom. The molecule has 0 bridgehead atoms. The summed E-state index contributed by atoms with van der Waals surface area (Å²) in [6.45, 7) is 5.65. The SMILES string of the molecule is CC(C)(CCC(=O)O)NC(=O)c1cc(N2CCCC2)ccn1. The highest BCUT2D eigenvalue weighted by Gasteiger charge is 2.23. The van der Waals surface area contributed by atoms with E-state index in [1.54, 1.807) is 12.3 Å². The molecule has 2 heterocycles. The third kappa shape index (κ3) is 4.44. The number of aliphatic carboxylic acids is 1. The van der Waals surface area contributed by atoms with E-state index in [0.717, 1.165) is 18.8 Å². The van der Waals surface area contributed by atoms with Crippen LogP contribution in [0.4, 0.5) is 5.69 Å². The first-order chi connectivity index (χ1) is 10.4. The van der Waals surface area contributed by atoms with E-state index in [9.17, 15) is 9.59 Å². The van der Waals surface area contributed by atoms with Crippen LogP contribution in [0.25, 0.3) is 0 Å². The Bertz CT molecular complexity index is 551. The third-order valence-corrected chi connectivity index (χ3v) is 3.86. The standard InChI is InChI=1S/C16H23N3O3/c1-16(2,7-5-14(20)21)18-15(22)13-11-12(6-8-17-13)19-9-3-4-10-19/h6,8,11H,3-5,7,9-10H2,1-2H3,(H,18,22)(H,20,21). The van der Waals surface area contributed by atoms with Gasteiger partial charge >= 0.3 is 5.97 Å². The maximum Gasteiger partial charge on any atom is 0.303 e. The highest BCUT2D eigenvalue weighted by Crippen LogP contribution is 2.20. The summed E-state index contributed by atoms with van der Waals surface area (Å²) in [5, 5.41) is 11.6. The number of carbonyl (C=O) groups excluding carboxylic acids is 1. The van der Waals surface area contributed by atoms with Crippen LogP contribution < -0.4 is 10.2 Å². The van der Waals surface area contributed by atoms with Gasteiger partial charge in [0.1, 0.15) is 5.69 Å². The zero-order chi connectivity index (χ0) is 16.2. The van der Waals surface area contributed by atoms with Gasteiger partial charge in [-0.15, -0.1) is 0 Å². The number of nitrogens with one attached hydrogen (secondary N) is 1. The van der Waals surface area contributed by atoms with Gasteiger partial charge in [0.15, 0.2) is 0 Å². The molecule has 0 saturated carbocycles. The Hall–Kier alpha value is -2.11. The number of hydrogen-bond acceptors (Lipinski definition) is 4. The molecule has 0 atom stereocenters. The minimum absolute atomic E-state index is 0.0223. The van der Waals surface area contributed by atoms with Gasteiger partial charge in [-0.25, -0.2) is 0 Å². The molecule has 1 aliphatic rings. The van der Waals surface area contributed by atoms with Crippen LogP contribution >= 0.6 is 0 Å².